The van der Waals surface area contributed by atoms with Crippen LogP contribution in [0.3, 0.4) is 0 Å². The Morgan fingerprint density at radius 2 is 1.72 bits per heavy atom. The predicted octanol–water partition coefficient (Wildman–Crippen LogP) is 3.80. The van der Waals surface area contributed by atoms with Crippen LogP contribution in [-0.2, 0) is 21.4 Å². The number of nitrogens with one attached hydrogen (secondary N) is 1. The van der Waals surface area contributed by atoms with Crippen LogP contribution >= 0.6 is 15.9 Å². The number of phenolic OH excluding ortho intramolecular Hbond substituents is 1. The van der Waals surface area contributed by atoms with E-state index in [1.165, 1.54) is 24.4 Å². The number of aryl methyl sites for hydroxylation is 1. The first kappa shape index (κ1) is 23.6. The van der Waals surface area contributed by atoms with E-state index in [2.05, 4.69) is 26.5 Å². The molecule has 32 heavy (non-hydrogen) atoms. The normalized spacial score (nSPS) is 11.7. The lowest BCUT2D eigenvalue weighted by atomic mass is 10.2. The molecule has 7 nitrogen and oxygen atoms in total. The number of halogens is 1. The fourth-order valence-electron chi connectivity index (χ4n) is 2.84. The van der Waals surface area contributed by atoms with Crippen LogP contribution in [-0.4, -0.2) is 36.5 Å². The molecule has 0 atom stereocenters. The Balaban J connectivity index is 1.80. The zero-order valence-electron chi connectivity index (χ0n) is 17.3. The average molecular weight is 516 g/mol. The molecular weight excluding hydrogens is 494 g/mol. The van der Waals surface area contributed by atoms with Crippen LogP contribution in [0.2, 0.25) is 0 Å². The summed E-state index contributed by atoms with van der Waals surface area (Å²) < 4.78 is 28.5. The molecule has 0 unspecified atom stereocenters. The highest BCUT2D eigenvalue weighted by atomic mass is 79.9. The highest BCUT2D eigenvalue weighted by Gasteiger charge is 2.27. The number of aromatic hydroxyl groups is 1. The van der Waals surface area contributed by atoms with Gasteiger partial charge in [0.05, 0.1) is 17.7 Å². The van der Waals surface area contributed by atoms with E-state index in [4.69, 9.17) is 0 Å². The van der Waals surface area contributed by atoms with Crippen molar-refractivity contribution in [2.45, 2.75) is 18.4 Å². The Morgan fingerprint density at radius 3 is 2.38 bits per heavy atom. The summed E-state index contributed by atoms with van der Waals surface area (Å²) in [6.07, 6.45) is 1.29. The summed E-state index contributed by atoms with van der Waals surface area (Å²) in [7, 11) is -3.94. The molecule has 0 aliphatic carbocycles. The van der Waals surface area contributed by atoms with E-state index < -0.39 is 22.5 Å². The summed E-state index contributed by atoms with van der Waals surface area (Å²) in [5, 5.41) is 13.6. The Hall–Kier alpha value is -3.01. The van der Waals surface area contributed by atoms with Gasteiger partial charge in [0.2, 0.25) is 10.0 Å². The van der Waals surface area contributed by atoms with Crippen LogP contribution < -0.4 is 5.43 Å². The minimum absolute atomic E-state index is 0.0140. The maximum absolute atomic E-state index is 13.3. The van der Waals surface area contributed by atoms with Gasteiger partial charge >= 0.3 is 0 Å². The molecule has 0 saturated carbocycles. The molecule has 1 amide bonds. The van der Waals surface area contributed by atoms with Crippen molar-refractivity contribution < 1.29 is 18.3 Å². The van der Waals surface area contributed by atoms with Gasteiger partial charge in [0.1, 0.15) is 5.75 Å². The van der Waals surface area contributed by atoms with Gasteiger partial charge in [0.25, 0.3) is 5.91 Å². The molecule has 0 heterocycles. The van der Waals surface area contributed by atoms with Crippen molar-refractivity contribution in [3.05, 3.63) is 94.0 Å². The molecule has 0 bridgehead atoms. The van der Waals surface area contributed by atoms with E-state index in [-0.39, 0.29) is 17.2 Å². The van der Waals surface area contributed by atoms with Crippen molar-refractivity contribution in [1.82, 2.24) is 9.73 Å². The van der Waals surface area contributed by atoms with Crippen LogP contribution in [0.15, 0.2) is 87.3 Å². The van der Waals surface area contributed by atoms with Crippen molar-refractivity contribution >= 4 is 38.1 Å². The third kappa shape index (κ3) is 6.25. The van der Waals surface area contributed by atoms with Gasteiger partial charge in [0.15, 0.2) is 0 Å². The summed E-state index contributed by atoms with van der Waals surface area (Å²) in [4.78, 5) is 12.6. The van der Waals surface area contributed by atoms with Crippen LogP contribution in [0.25, 0.3) is 0 Å². The SMILES string of the molecule is Cc1ccc(S(=O)(=O)N(CC(=O)N/N=C\c2ccccc2O)Cc2ccc(Br)cc2)cc1. The number of hydrogen-bond donors (Lipinski definition) is 2. The van der Waals surface area contributed by atoms with Crippen molar-refractivity contribution in [3.8, 4) is 5.75 Å². The second-order valence-corrected chi connectivity index (χ2v) is 9.92. The summed E-state index contributed by atoms with van der Waals surface area (Å²) >= 11 is 3.36. The Labute approximate surface area is 195 Å². The number of phenols is 1. The van der Waals surface area contributed by atoms with E-state index in [0.717, 1.165) is 19.9 Å². The van der Waals surface area contributed by atoms with Crippen LogP contribution in [0.5, 0.6) is 5.75 Å². The minimum atomic E-state index is -3.94. The molecule has 9 heteroatoms. The third-order valence-corrected chi connectivity index (χ3v) is 6.92. The second-order valence-electron chi connectivity index (χ2n) is 7.06. The highest BCUT2D eigenvalue weighted by molar-refractivity contribution is 9.10. The predicted molar refractivity (Wildman–Crippen MR) is 127 cm³/mol. The van der Waals surface area contributed by atoms with Gasteiger partial charge in [0, 0.05) is 16.6 Å². The summed E-state index contributed by atoms with van der Waals surface area (Å²) in [6, 6.07) is 20.2. The van der Waals surface area contributed by atoms with Gasteiger partial charge in [-0.05, 0) is 48.9 Å². The van der Waals surface area contributed by atoms with E-state index in [9.17, 15) is 18.3 Å². The molecule has 0 saturated heterocycles. The van der Waals surface area contributed by atoms with Crippen molar-refractivity contribution in [2.75, 3.05) is 6.54 Å². The number of nitrogens with zero attached hydrogens (tertiary/aromatic N) is 2. The molecule has 166 valence electrons. The first-order valence-corrected chi connectivity index (χ1v) is 11.9. The summed E-state index contributed by atoms with van der Waals surface area (Å²) in [6.45, 7) is 1.45. The number of amides is 1. The number of carbonyl (C=O) groups excluding carboxylic acids is 1. The molecule has 0 fully saturated rings. The van der Waals surface area contributed by atoms with Gasteiger partial charge < -0.3 is 5.11 Å². The molecule has 0 aliphatic rings. The first-order valence-electron chi connectivity index (χ1n) is 9.67. The molecule has 0 aromatic heterocycles. The maximum Gasteiger partial charge on any atom is 0.255 e. The number of carbonyl (C=O) groups is 1. The van der Waals surface area contributed by atoms with Crippen LogP contribution in [0.4, 0.5) is 0 Å². The number of para-hydroxylation sites is 1. The Bertz CT molecular complexity index is 1210. The van der Waals surface area contributed by atoms with E-state index in [0.29, 0.717) is 5.56 Å². The van der Waals surface area contributed by atoms with Crippen LogP contribution in [0, 0.1) is 6.92 Å². The monoisotopic (exact) mass is 515 g/mol. The number of hydrogen-bond acceptors (Lipinski definition) is 5. The lowest BCUT2D eigenvalue weighted by Crippen LogP contribution is -2.39. The van der Waals surface area contributed by atoms with E-state index in [1.54, 1.807) is 42.5 Å². The van der Waals surface area contributed by atoms with Gasteiger partial charge in [-0.15, -0.1) is 0 Å². The van der Waals surface area contributed by atoms with Crippen molar-refractivity contribution in [1.29, 1.82) is 0 Å². The minimum Gasteiger partial charge on any atom is -0.507 e. The standard InChI is InChI=1S/C23H22BrN3O4S/c1-17-6-12-21(13-7-17)32(30,31)27(15-18-8-10-20(24)11-9-18)16-23(29)26-25-14-19-4-2-3-5-22(19)28/h2-14,28H,15-16H2,1H3,(H,26,29)/b25-14-. The fourth-order valence-corrected chi connectivity index (χ4v) is 4.49. The smallest absolute Gasteiger partial charge is 0.255 e. The summed E-state index contributed by atoms with van der Waals surface area (Å²) in [5.41, 5.74) is 4.41. The molecule has 0 spiro atoms. The fraction of sp³-hybridized carbons (Fsp3) is 0.130. The number of hydrazone groups is 1. The van der Waals surface area contributed by atoms with Gasteiger partial charge in [-0.3, -0.25) is 4.79 Å². The first-order chi connectivity index (χ1) is 15.3. The van der Waals surface area contributed by atoms with Gasteiger partial charge in [-0.25, -0.2) is 13.8 Å². The third-order valence-electron chi connectivity index (χ3n) is 4.58. The van der Waals surface area contributed by atoms with Gasteiger partial charge in [-0.1, -0.05) is 57.9 Å². The largest absolute Gasteiger partial charge is 0.507 e. The highest BCUT2D eigenvalue weighted by Crippen LogP contribution is 2.20. The van der Waals surface area contributed by atoms with Crippen molar-refractivity contribution in [2.24, 2.45) is 5.10 Å². The Kier molecular flexibility index (Phi) is 7.79. The lowest BCUT2D eigenvalue weighted by Gasteiger charge is -2.21. The lowest BCUT2D eigenvalue weighted by molar-refractivity contribution is -0.121. The van der Waals surface area contributed by atoms with E-state index in [1.807, 2.05) is 19.1 Å². The van der Waals surface area contributed by atoms with Crippen molar-refractivity contribution in [3.63, 3.8) is 0 Å². The molecular formula is C23H22BrN3O4S. The van der Waals surface area contributed by atoms with E-state index >= 15 is 0 Å². The Morgan fingerprint density at radius 1 is 1.06 bits per heavy atom. The topological polar surface area (TPSA) is 99.1 Å². The number of rotatable bonds is 8. The van der Waals surface area contributed by atoms with Crippen LogP contribution in [0.1, 0.15) is 16.7 Å². The molecule has 2 N–H and O–H groups in total. The average Bonchev–Trinajstić information content (AvgIpc) is 2.76. The zero-order valence-corrected chi connectivity index (χ0v) is 19.7. The number of sulfonamides is 1. The number of benzene rings is 3. The quantitative estimate of drug-likeness (QED) is 0.352. The summed E-state index contributed by atoms with van der Waals surface area (Å²) in [5.74, 6) is -0.589. The molecule has 3 aromatic rings. The zero-order chi connectivity index (χ0) is 23.1. The molecule has 3 aromatic carbocycles. The second kappa shape index (κ2) is 10.5. The molecule has 0 radical (unpaired) electrons. The molecule has 0 aliphatic heterocycles. The van der Waals surface area contributed by atoms with Gasteiger partial charge in [-0.2, -0.15) is 9.41 Å². The molecule has 3 rings (SSSR count). The maximum atomic E-state index is 13.3.